The minimum Gasteiger partial charge on any atom is -0.371 e. The zero-order valence-corrected chi connectivity index (χ0v) is 13.0. The lowest BCUT2D eigenvalue weighted by atomic mass is 9.99. The molecule has 1 saturated heterocycles. The maximum absolute atomic E-state index is 6.15. The molecule has 2 rings (SSSR count). The summed E-state index contributed by atoms with van der Waals surface area (Å²) in [5.41, 5.74) is 2.67. The molecule has 1 aliphatic heterocycles. The molecule has 3 heteroatoms. The van der Waals surface area contributed by atoms with Gasteiger partial charge in [-0.2, -0.15) is 0 Å². The smallest absolute Gasteiger partial charge is 0.0412 e. The van der Waals surface area contributed by atoms with Gasteiger partial charge in [0.15, 0.2) is 0 Å². The van der Waals surface area contributed by atoms with Crippen LogP contribution in [0.25, 0.3) is 0 Å². The Morgan fingerprint density at radius 1 is 1.42 bits per heavy atom. The van der Waals surface area contributed by atoms with E-state index in [9.17, 15) is 0 Å². The lowest BCUT2D eigenvalue weighted by Crippen LogP contribution is -2.35. The first-order valence-electron chi connectivity index (χ1n) is 7.33. The molecule has 0 bridgehead atoms. The molecule has 1 unspecified atom stereocenters. The first-order valence-corrected chi connectivity index (χ1v) is 7.71. The van der Waals surface area contributed by atoms with Crippen LogP contribution in [0.2, 0.25) is 5.02 Å². The topological polar surface area (TPSA) is 15.3 Å². The average molecular weight is 281 g/mol. The molecule has 1 heterocycles. The zero-order valence-electron chi connectivity index (χ0n) is 12.2. The summed E-state index contributed by atoms with van der Waals surface area (Å²) >= 11 is 6.15. The zero-order chi connectivity index (χ0) is 13.8. The Labute approximate surface area is 122 Å². The summed E-state index contributed by atoms with van der Waals surface area (Å²) in [4.78, 5) is 2.52. The maximum Gasteiger partial charge on any atom is 0.0412 e. The summed E-state index contributed by atoms with van der Waals surface area (Å²) in [7, 11) is 0. The van der Waals surface area contributed by atoms with Gasteiger partial charge in [-0.25, -0.2) is 0 Å². The third kappa shape index (κ3) is 4.12. The predicted octanol–water partition coefficient (Wildman–Crippen LogP) is 4.07. The number of nitrogens with one attached hydrogen (secondary N) is 1. The number of halogens is 1. The van der Waals surface area contributed by atoms with Crippen molar-refractivity contribution in [1.82, 2.24) is 5.32 Å². The first kappa shape index (κ1) is 14.7. The Balaban J connectivity index is 2.18. The normalized spacial score (nSPS) is 20.1. The minimum atomic E-state index is 0.493. The molecule has 0 aliphatic carbocycles. The van der Waals surface area contributed by atoms with Gasteiger partial charge in [0.25, 0.3) is 0 Å². The summed E-state index contributed by atoms with van der Waals surface area (Å²) in [5.74, 6) is 0.787. The van der Waals surface area contributed by atoms with E-state index in [4.69, 9.17) is 11.6 Å². The lowest BCUT2D eigenvalue weighted by Gasteiger charge is -2.34. The first-order chi connectivity index (χ1) is 9.06. The number of hydrogen-bond donors (Lipinski definition) is 1. The molecule has 1 N–H and O–H groups in total. The molecule has 1 aliphatic rings. The van der Waals surface area contributed by atoms with Crippen molar-refractivity contribution in [2.24, 2.45) is 5.92 Å². The summed E-state index contributed by atoms with van der Waals surface area (Å²) in [6.07, 6.45) is 2.64. The SMILES string of the molecule is CC1CCCN(c2ccc(Cl)cc2CNC(C)C)C1. The van der Waals surface area contributed by atoms with Crippen molar-refractivity contribution in [3.8, 4) is 0 Å². The van der Waals surface area contributed by atoms with Gasteiger partial charge in [-0.15, -0.1) is 0 Å². The molecule has 1 fully saturated rings. The Morgan fingerprint density at radius 2 is 2.21 bits per heavy atom. The average Bonchev–Trinajstić information content (AvgIpc) is 2.36. The third-order valence-electron chi connectivity index (χ3n) is 3.74. The number of rotatable bonds is 4. The van der Waals surface area contributed by atoms with Gasteiger partial charge in [0.2, 0.25) is 0 Å². The van der Waals surface area contributed by atoms with E-state index in [2.05, 4.69) is 43.1 Å². The largest absolute Gasteiger partial charge is 0.371 e. The fourth-order valence-corrected chi connectivity index (χ4v) is 2.92. The van der Waals surface area contributed by atoms with E-state index in [1.54, 1.807) is 0 Å². The highest BCUT2D eigenvalue weighted by Crippen LogP contribution is 2.28. The monoisotopic (exact) mass is 280 g/mol. The molecule has 0 spiro atoms. The fourth-order valence-electron chi connectivity index (χ4n) is 2.73. The van der Waals surface area contributed by atoms with Crippen molar-refractivity contribution in [3.63, 3.8) is 0 Å². The standard InChI is InChI=1S/C16H25ClN2/c1-12(2)18-10-14-9-15(17)6-7-16(14)19-8-4-5-13(3)11-19/h6-7,9,12-13,18H,4-5,8,10-11H2,1-3H3. The van der Waals surface area contributed by atoms with Crippen molar-refractivity contribution in [3.05, 3.63) is 28.8 Å². The van der Waals surface area contributed by atoms with E-state index in [1.165, 1.54) is 30.6 Å². The van der Waals surface area contributed by atoms with Gasteiger partial charge in [-0.1, -0.05) is 32.4 Å². The molecule has 0 aromatic heterocycles. The number of piperidine rings is 1. The van der Waals surface area contributed by atoms with Crippen LogP contribution in [-0.2, 0) is 6.54 Å². The second-order valence-corrected chi connectivity index (χ2v) is 6.44. The van der Waals surface area contributed by atoms with E-state index in [0.29, 0.717) is 6.04 Å². The summed E-state index contributed by atoms with van der Waals surface area (Å²) < 4.78 is 0. The Bertz CT molecular complexity index is 417. The second-order valence-electron chi connectivity index (χ2n) is 6.00. The van der Waals surface area contributed by atoms with E-state index >= 15 is 0 Å². The molecule has 1 aromatic rings. The van der Waals surface area contributed by atoms with Crippen molar-refractivity contribution in [2.75, 3.05) is 18.0 Å². The van der Waals surface area contributed by atoms with Crippen molar-refractivity contribution < 1.29 is 0 Å². The number of hydrogen-bond acceptors (Lipinski definition) is 2. The Morgan fingerprint density at radius 3 is 2.89 bits per heavy atom. The molecule has 106 valence electrons. The predicted molar refractivity (Wildman–Crippen MR) is 84.0 cm³/mol. The molecule has 0 radical (unpaired) electrons. The van der Waals surface area contributed by atoms with Gasteiger partial charge in [-0.3, -0.25) is 0 Å². The Kier molecular flexibility index (Phi) is 5.12. The number of anilines is 1. The molecular formula is C16H25ClN2. The van der Waals surface area contributed by atoms with Gasteiger partial charge in [0.05, 0.1) is 0 Å². The molecule has 2 nitrogen and oxygen atoms in total. The van der Waals surface area contributed by atoms with Crippen LogP contribution in [-0.4, -0.2) is 19.1 Å². The summed E-state index contributed by atoms with van der Waals surface area (Å²) in [6.45, 7) is 9.91. The highest BCUT2D eigenvalue weighted by molar-refractivity contribution is 6.30. The lowest BCUT2D eigenvalue weighted by molar-refractivity contribution is 0.445. The molecule has 0 amide bonds. The van der Waals surface area contributed by atoms with Crippen molar-refractivity contribution in [1.29, 1.82) is 0 Å². The number of benzene rings is 1. The van der Waals surface area contributed by atoms with Crippen LogP contribution in [0.1, 0.15) is 39.2 Å². The van der Waals surface area contributed by atoms with E-state index in [-0.39, 0.29) is 0 Å². The third-order valence-corrected chi connectivity index (χ3v) is 3.98. The van der Waals surface area contributed by atoms with Crippen LogP contribution >= 0.6 is 11.6 Å². The molecular weight excluding hydrogens is 256 g/mol. The quantitative estimate of drug-likeness (QED) is 0.894. The van der Waals surface area contributed by atoms with Crippen molar-refractivity contribution in [2.45, 2.75) is 46.2 Å². The van der Waals surface area contributed by atoms with Crippen molar-refractivity contribution >= 4 is 17.3 Å². The van der Waals surface area contributed by atoms with Gasteiger partial charge in [-0.05, 0) is 42.5 Å². The van der Waals surface area contributed by atoms with Crippen LogP contribution in [0.3, 0.4) is 0 Å². The maximum atomic E-state index is 6.15. The van der Waals surface area contributed by atoms with Crippen LogP contribution in [0, 0.1) is 5.92 Å². The highest BCUT2D eigenvalue weighted by atomic mass is 35.5. The van der Waals surface area contributed by atoms with E-state index in [1.807, 2.05) is 6.07 Å². The van der Waals surface area contributed by atoms with Crippen LogP contribution < -0.4 is 10.2 Å². The van der Waals surface area contributed by atoms with E-state index < -0.39 is 0 Å². The van der Waals surface area contributed by atoms with Gasteiger partial charge < -0.3 is 10.2 Å². The van der Waals surface area contributed by atoms with Gasteiger partial charge in [0.1, 0.15) is 0 Å². The van der Waals surface area contributed by atoms with Crippen LogP contribution in [0.5, 0.6) is 0 Å². The second kappa shape index (κ2) is 6.62. The summed E-state index contributed by atoms with van der Waals surface area (Å²) in [6, 6.07) is 6.78. The van der Waals surface area contributed by atoms with Crippen LogP contribution in [0.15, 0.2) is 18.2 Å². The molecule has 1 aromatic carbocycles. The highest BCUT2D eigenvalue weighted by Gasteiger charge is 2.19. The molecule has 19 heavy (non-hydrogen) atoms. The summed E-state index contributed by atoms with van der Waals surface area (Å²) in [5, 5.41) is 4.32. The minimum absolute atomic E-state index is 0.493. The van der Waals surface area contributed by atoms with Gasteiger partial charge in [0, 0.05) is 36.4 Å². The van der Waals surface area contributed by atoms with Crippen LogP contribution in [0.4, 0.5) is 5.69 Å². The Hall–Kier alpha value is -0.730. The molecule has 0 saturated carbocycles. The fraction of sp³-hybridized carbons (Fsp3) is 0.625. The van der Waals surface area contributed by atoms with E-state index in [0.717, 1.165) is 24.0 Å². The van der Waals surface area contributed by atoms with Gasteiger partial charge >= 0.3 is 0 Å². The number of nitrogens with zero attached hydrogens (tertiary/aromatic N) is 1. The molecule has 1 atom stereocenters.